The van der Waals surface area contributed by atoms with Gasteiger partial charge in [-0.25, -0.2) is 0 Å². The fourth-order valence-electron chi connectivity index (χ4n) is 3.60. The Bertz CT molecular complexity index is 834. The van der Waals surface area contributed by atoms with Gasteiger partial charge in [-0.2, -0.15) is 0 Å². The number of hydrogen-bond donors (Lipinski definition) is 2. The predicted octanol–water partition coefficient (Wildman–Crippen LogP) is 5.64. The SMILES string of the molecule is CNc1ccc(SO)cc1.O=Cc1ccc(CN2CCC3=C(C=CCC3)C2)cc1. The largest absolute Gasteiger partial charge is 0.388 e. The Labute approximate surface area is 177 Å². The van der Waals surface area contributed by atoms with E-state index in [0.29, 0.717) is 0 Å². The van der Waals surface area contributed by atoms with Gasteiger partial charge in [0.25, 0.3) is 0 Å². The number of nitrogens with zero attached hydrogens (tertiary/aromatic N) is 1. The van der Waals surface area contributed by atoms with E-state index >= 15 is 0 Å². The van der Waals surface area contributed by atoms with Crippen LogP contribution in [0.4, 0.5) is 5.69 Å². The maximum atomic E-state index is 10.6. The molecule has 0 bridgehead atoms. The summed E-state index contributed by atoms with van der Waals surface area (Å²) in [6.07, 6.45) is 9.18. The lowest BCUT2D eigenvalue weighted by atomic mass is 9.91. The molecule has 152 valence electrons. The quantitative estimate of drug-likeness (QED) is 0.495. The lowest BCUT2D eigenvalue weighted by Gasteiger charge is -2.31. The van der Waals surface area contributed by atoms with Crippen molar-refractivity contribution in [1.29, 1.82) is 0 Å². The molecule has 1 heterocycles. The van der Waals surface area contributed by atoms with Crippen LogP contribution in [0.5, 0.6) is 0 Å². The van der Waals surface area contributed by atoms with E-state index in [4.69, 9.17) is 4.55 Å². The fraction of sp³-hybridized carbons (Fsp3) is 0.292. The van der Waals surface area contributed by atoms with E-state index in [-0.39, 0.29) is 0 Å². The number of anilines is 1. The molecule has 0 saturated carbocycles. The molecular formula is C24H28N2O2S. The second-order valence-corrected chi connectivity index (χ2v) is 7.91. The van der Waals surface area contributed by atoms with Gasteiger partial charge >= 0.3 is 0 Å². The normalized spacial score (nSPS) is 15.9. The molecule has 0 aromatic heterocycles. The van der Waals surface area contributed by atoms with Crippen LogP contribution in [0, 0.1) is 0 Å². The van der Waals surface area contributed by atoms with Crippen molar-refractivity contribution in [2.45, 2.75) is 30.7 Å². The zero-order valence-electron chi connectivity index (χ0n) is 16.8. The maximum Gasteiger partial charge on any atom is 0.150 e. The van der Waals surface area contributed by atoms with Crippen LogP contribution in [0.1, 0.15) is 35.2 Å². The van der Waals surface area contributed by atoms with E-state index in [1.165, 1.54) is 30.4 Å². The van der Waals surface area contributed by atoms with Gasteiger partial charge in [-0.05, 0) is 54.7 Å². The molecule has 2 aromatic carbocycles. The molecule has 0 spiro atoms. The third-order valence-corrected chi connectivity index (χ3v) is 5.76. The molecule has 29 heavy (non-hydrogen) atoms. The first-order chi connectivity index (χ1) is 14.2. The van der Waals surface area contributed by atoms with Crippen molar-refractivity contribution in [3.05, 3.63) is 83.0 Å². The molecule has 0 unspecified atom stereocenters. The average Bonchev–Trinajstić information content (AvgIpc) is 2.80. The minimum atomic E-state index is 0.752. The van der Waals surface area contributed by atoms with Gasteiger partial charge in [-0.15, -0.1) is 0 Å². The number of benzene rings is 2. The van der Waals surface area contributed by atoms with Crippen molar-refractivity contribution in [2.24, 2.45) is 0 Å². The van der Waals surface area contributed by atoms with Crippen molar-refractivity contribution < 1.29 is 9.35 Å². The van der Waals surface area contributed by atoms with Crippen LogP contribution in [0.15, 0.2) is 76.7 Å². The van der Waals surface area contributed by atoms with Crippen LogP contribution in [-0.4, -0.2) is 35.9 Å². The van der Waals surface area contributed by atoms with E-state index in [1.54, 1.807) is 5.57 Å². The Morgan fingerprint density at radius 2 is 1.86 bits per heavy atom. The highest BCUT2D eigenvalue weighted by molar-refractivity contribution is 7.93. The number of carbonyl (C=O) groups is 1. The Kier molecular flexibility index (Phi) is 8.11. The fourth-order valence-corrected chi connectivity index (χ4v) is 3.86. The number of nitrogens with one attached hydrogen (secondary N) is 1. The minimum absolute atomic E-state index is 0.752. The second-order valence-electron chi connectivity index (χ2n) is 7.26. The Balaban J connectivity index is 0.000000204. The number of carbonyl (C=O) groups excluding carboxylic acids is 1. The first kappa shape index (κ1) is 21.4. The van der Waals surface area contributed by atoms with Crippen molar-refractivity contribution in [3.63, 3.8) is 0 Å². The zero-order valence-corrected chi connectivity index (χ0v) is 17.6. The van der Waals surface area contributed by atoms with Crippen LogP contribution in [0.25, 0.3) is 0 Å². The molecule has 2 aromatic rings. The summed E-state index contributed by atoms with van der Waals surface area (Å²) in [6.45, 7) is 3.20. The number of hydrogen-bond acceptors (Lipinski definition) is 5. The van der Waals surface area contributed by atoms with E-state index in [0.717, 1.165) is 54.1 Å². The van der Waals surface area contributed by atoms with Crippen LogP contribution in [-0.2, 0) is 6.54 Å². The zero-order chi connectivity index (χ0) is 20.5. The molecule has 0 radical (unpaired) electrons. The third kappa shape index (κ3) is 6.32. The van der Waals surface area contributed by atoms with Crippen molar-refractivity contribution >= 4 is 24.0 Å². The summed E-state index contributed by atoms with van der Waals surface area (Å²) < 4.78 is 8.60. The summed E-state index contributed by atoms with van der Waals surface area (Å²) in [6, 6.07) is 15.5. The topological polar surface area (TPSA) is 52.6 Å². The summed E-state index contributed by atoms with van der Waals surface area (Å²) in [5.41, 5.74) is 6.28. The van der Waals surface area contributed by atoms with E-state index in [1.807, 2.05) is 43.4 Å². The summed E-state index contributed by atoms with van der Waals surface area (Å²) in [7, 11) is 1.86. The van der Waals surface area contributed by atoms with Gasteiger partial charge in [-0.3, -0.25) is 9.69 Å². The molecule has 2 aliphatic rings. The Morgan fingerprint density at radius 3 is 2.52 bits per heavy atom. The van der Waals surface area contributed by atoms with Crippen LogP contribution < -0.4 is 5.32 Å². The highest BCUT2D eigenvalue weighted by atomic mass is 32.2. The highest BCUT2D eigenvalue weighted by Gasteiger charge is 2.18. The number of rotatable bonds is 5. The number of allylic oxidation sites excluding steroid dienone is 1. The molecular weight excluding hydrogens is 380 g/mol. The van der Waals surface area contributed by atoms with Crippen LogP contribution >= 0.6 is 12.0 Å². The standard InChI is InChI=1S/C17H19NO.C7H9NOS/c19-13-15-7-5-14(6-8-15)11-18-10-9-16-3-1-2-4-17(16)12-18;1-8-6-2-4-7(10-9)5-3-6/h2,4-8,13H,1,3,9-12H2;2-5,8-9H,1H3. The molecule has 0 saturated heterocycles. The van der Waals surface area contributed by atoms with Gasteiger partial charge in [0.05, 0.1) is 0 Å². The lowest BCUT2D eigenvalue weighted by Crippen LogP contribution is -2.31. The number of aldehydes is 1. The molecule has 0 atom stereocenters. The summed E-state index contributed by atoms with van der Waals surface area (Å²) in [4.78, 5) is 14.0. The maximum absolute atomic E-state index is 10.6. The minimum Gasteiger partial charge on any atom is -0.388 e. The van der Waals surface area contributed by atoms with Crippen molar-refractivity contribution in [2.75, 3.05) is 25.5 Å². The monoisotopic (exact) mass is 408 g/mol. The Hall–Kier alpha value is -2.34. The molecule has 4 rings (SSSR count). The van der Waals surface area contributed by atoms with Crippen LogP contribution in [0.2, 0.25) is 0 Å². The molecule has 5 heteroatoms. The van der Waals surface area contributed by atoms with Gasteiger partial charge in [0.1, 0.15) is 6.29 Å². The average molecular weight is 409 g/mol. The molecule has 1 aliphatic carbocycles. The Morgan fingerprint density at radius 1 is 1.10 bits per heavy atom. The lowest BCUT2D eigenvalue weighted by molar-refractivity contribution is 0.112. The molecule has 0 amide bonds. The predicted molar refractivity (Wildman–Crippen MR) is 122 cm³/mol. The van der Waals surface area contributed by atoms with E-state index < -0.39 is 0 Å². The second kappa shape index (κ2) is 11.0. The van der Waals surface area contributed by atoms with Gasteiger partial charge in [0, 0.05) is 54.9 Å². The first-order valence-electron chi connectivity index (χ1n) is 9.95. The van der Waals surface area contributed by atoms with E-state index in [2.05, 4.69) is 34.5 Å². The first-order valence-corrected chi connectivity index (χ1v) is 10.7. The van der Waals surface area contributed by atoms with Gasteiger partial charge in [0.2, 0.25) is 0 Å². The van der Waals surface area contributed by atoms with Crippen molar-refractivity contribution in [3.8, 4) is 0 Å². The molecule has 1 aliphatic heterocycles. The highest BCUT2D eigenvalue weighted by Crippen LogP contribution is 2.27. The van der Waals surface area contributed by atoms with Gasteiger partial charge < -0.3 is 9.87 Å². The van der Waals surface area contributed by atoms with E-state index in [9.17, 15) is 4.79 Å². The van der Waals surface area contributed by atoms with Gasteiger partial charge in [0.15, 0.2) is 0 Å². The molecule has 0 fully saturated rings. The van der Waals surface area contributed by atoms with Gasteiger partial charge in [-0.1, -0.05) is 42.0 Å². The smallest absolute Gasteiger partial charge is 0.150 e. The van der Waals surface area contributed by atoms with Crippen LogP contribution in [0.3, 0.4) is 0 Å². The molecule has 2 N–H and O–H groups in total. The summed E-state index contributed by atoms with van der Waals surface area (Å²) >= 11 is 0.760. The third-order valence-electron chi connectivity index (χ3n) is 5.28. The summed E-state index contributed by atoms with van der Waals surface area (Å²) in [5.74, 6) is 0. The summed E-state index contributed by atoms with van der Waals surface area (Å²) in [5, 5.41) is 2.99. The van der Waals surface area contributed by atoms with Crippen molar-refractivity contribution in [1.82, 2.24) is 4.90 Å². The molecule has 4 nitrogen and oxygen atoms in total.